The van der Waals surface area contributed by atoms with E-state index < -0.39 is 11.7 Å². The highest BCUT2D eigenvalue weighted by atomic mass is 19.1. The molecule has 5 nitrogen and oxygen atoms in total. The molecule has 2 aromatic carbocycles. The average Bonchev–Trinajstić information content (AvgIpc) is 2.52. The Morgan fingerprint density at radius 3 is 2.42 bits per heavy atom. The molecule has 0 saturated heterocycles. The van der Waals surface area contributed by atoms with Gasteiger partial charge in [-0.2, -0.15) is 0 Å². The summed E-state index contributed by atoms with van der Waals surface area (Å²) in [4.78, 5) is 22.8. The fourth-order valence-electron chi connectivity index (χ4n) is 1.90. The minimum atomic E-state index is -0.595. The van der Waals surface area contributed by atoms with Crippen molar-refractivity contribution in [1.82, 2.24) is 0 Å². The molecule has 2 N–H and O–H groups in total. The van der Waals surface area contributed by atoms with Gasteiger partial charge in [0.25, 0.3) is 0 Å². The summed E-state index contributed by atoms with van der Waals surface area (Å²) in [7, 11) is 0. The Morgan fingerprint density at radius 2 is 1.75 bits per heavy atom. The smallest absolute Gasteiger partial charge is 0.227 e. The zero-order valence-corrected chi connectivity index (χ0v) is 12.9. The number of halogens is 2. The first-order valence-electron chi connectivity index (χ1n) is 7.19. The topological polar surface area (TPSA) is 67.4 Å². The molecule has 0 saturated carbocycles. The van der Waals surface area contributed by atoms with Gasteiger partial charge < -0.3 is 15.4 Å². The van der Waals surface area contributed by atoms with Crippen molar-refractivity contribution in [2.45, 2.75) is 13.3 Å². The molecule has 24 heavy (non-hydrogen) atoms. The van der Waals surface area contributed by atoms with E-state index in [0.717, 1.165) is 6.07 Å². The van der Waals surface area contributed by atoms with Crippen molar-refractivity contribution in [3.63, 3.8) is 0 Å². The van der Waals surface area contributed by atoms with Gasteiger partial charge in [0.15, 0.2) is 0 Å². The standard InChI is InChI=1S/C17H16F2N2O3/c1-11(22)20-16-10-13(4-7-15(16)19)21-17(23)8-9-24-14-5-2-12(18)3-6-14/h2-7,10H,8-9H2,1H3,(H,20,22)(H,21,23). The van der Waals surface area contributed by atoms with E-state index in [9.17, 15) is 18.4 Å². The van der Waals surface area contributed by atoms with Crippen LogP contribution in [-0.2, 0) is 9.59 Å². The van der Waals surface area contributed by atoms with Crippen molar-refractivity contribution in [3.05, 3.63) is 54.1 Å². The van der Waals surface area contributed by atoms with E-state index in [1.807, 2.05) is 0 Å². The number of nitrogens with one attached hydrogen (secondary N) is 2. The van der Waals surface area contributed by atoms with E-state index >= 15 is 0 Å². The lowest BCUT2D eigenvalue weighted by Crippen LogP contribution is -2.16. The molecule has 0 aromatic heterocycles. The first kappa shape index (κ1) is 17.4. The van der Waals surface area contributed by atoms with Crippen LogP contribution in [0.1, 0.15) is 13.3 Å². The Kier molecular flexibility index (Phi) is 5.83. The number of carbonyl (C=O) groups excluding carboxylic acids is 2. The summed E-state index contributed by atoms with van der Waals surface area (Å²) in [5.74, 6) is -1.25. The number of amides is 2. The maximum absolute atomic E-state index is 13.5. The van der Waals surface area contributed by atoms with E-state index in [0.29, 0.717) is 11.4 Å². The van der Waals surface area contributed by atoms with Crippen molar-refractivity contribution < 1.29 is 23.1 Å². The monoisotopic (exact) mass is 334 g/mol. The maximum atomic E-state index is 13.5. The molecule has 0 bridgehead atoms. The number of carbonyl (C=O) groups is 2. The van der Waals surface area contributed by atoms with Crippen LogP contribution >= 0.6 is 0 Å². The van der Waals surface area contributed by atoms with E-state index in [1.165, 1.54) is 43.3 Å². The molecule has 0 aliphatic heterocycles. The summed E-state index contributed by atoms with van der Waals surface area (Å²) in [6.45, 7) is 1.37. The third-order valence-corrected chi connectivity index (χ3v) is 2.97. The van der Waals surface area contributed by atoms with Crippen molar-refractivity contribution in [1.29, 1.82) is 0 Å². The molecule has 0 heterocycles. The van der Waals surface area contributed by atoms with E-state index in [1.54, 1.807) is 0 Å². The molecule has 0 fully saturated rings. The average molecular weight is 334 g/mol. The minimum Gasteiger partial charge on any atom is -0.493 e. The van der Waals surface area contributed by atoms with Gasteiger partial charge in [-0.3, -0.25) is 9.59 Å². The third-order valence-electron chi connectivity index (χ3n) is 2.97. The van der Waals surface area contributed by atoms with Crippen LogP contribution in [0.5, 0.6) is 5.75 Å². The molecule has 0 aliphatic carbocycles. The van der Waals surface area contributed by atoms with Crippen LogP contribution in [0.2, 0.25) is 0 Å². The van der Waals surface area contributed by atoms with E-state index in [-0.39, 0.29) is 30.4 Å². The third kappa shape index (κ3) is 5.35. The molecule has 126 valence electrons. The van der Waals surface area contributed by atoms with Gasteiger partial charge in [-0.25, -0.2) is 8.78 Å². The Morgan fingerprint density at radius 1 is 1.04 bits per heavy atom. The summed E-state index contributed by atoms with van der Waals surface area (Å²) >= 11 is 0. The van der Waals surface area contributed by atoms with Gasteiger partial charge >= 0.3 is 0 Å². The predicted molar refractivity (Wildman–Crippen MR) is 85.8 cm³/mol. The van der Waals surface area contributed by atoms with Crippen molar-refractivity contribution >= 4 is 23.2 Å². The van der Waals surface area contributed by atoms with E-state index in [4.69, 9.17) is 4.74 Å². The van der Waals surface area contributed by atoms with Crippen LogP contribution < -0.4 is 15.4 Å². The molecular weight excluding hydrogens is 318 g/mol. The second kappa shape index (κ2) is 8.05. The second-order valence-electron chi connectivity index (χ2n) is 4.98. The van der Waals surface area contributed by atoms with Gasteiger partial charge in [-0.1, -0.05) is 0 Å². The van der Waals surface area contributed by atoms with Gasteiger partial charge in [-0.15, -0.1) is 0 Å². The maximum Gasteiger partial charge on any atom is 0.227 e. The molecule has 2 amide bonds. The number of ether oxygens (including phenoxy) is 1. The molecule has 2 rings (SSSR count). The lowest BCUT2D eigenvalue weighted by Gasteiger charge is -2.09. The molecule has 0 aliphatic rings. The number of benzene rings is 2. The summed E-state index contributed by atoms with van der Waals surface area (Å²) in [6.07, 6.45) is 0.0597. The molecule has 0 atom stereocenters. The van der Waals surface area contributed by atoms with Crippen molar-refractivity contribution in [2.75, 3.05) is 17.2 Å². The Labute approximate surface area is 137 Å². The van der Waals surface area contributed by atoms with Crippen molar-refractivity contribution in [2.24, 2.45) is 0 Å². The summed E-state index contributed by atoms with van der Waals surface area (Å²) < 4.78 is 31.6. The number of rotatable bonds is 6. The van der Waals surface area contributed by atoms with Crippen LogP contribution in [0.3, 0.4) is 0 Å². The first-order valence-corrected chi connectivity index (χ1v) is 7.19. The molecule has 0 spiro atoms. The first-order chi connectivity index (χ1) is 11.4. The Bertz CT molecular complexity index is 733. The predicted octanol–water partition coefficient (Wildman–Crippen LogP) is 3.33. The highest BCUT2D eigenvalue weighted by Crippen LogP contribution is 2.20. The minimum absolute atomic E-state index is 0.0112. The molecule has 2 aromatic rings. The number of hydrogen-bond donors (Lipinski definition) is 2. The van der Waals surface area contributed by atoms with Crippen LogP contribution in [-0.4, -0.2) is 18.4 Å². The molecular formula is C17H16F2N2O3. The number of hydrogen-bond acceptors (Lipinski definition) is 3. The second-order valence-corrected chi connectivity index (χ2v) is 4.98. The van der Waals surface area contributed by atoms with Gasteiger partial charge in [0.1, 0.15) is 17.4 Å². The fourth-order valence-corrected chi connectivity index (χ4v) is 1.90. The van der Waals surface area contributed by atoms with E-state index in [2.05, 4.69) is 10.6 Å². The SMILES string of the molecule is CC(=O)Nc1cc(NC(=O)CCOc2ccc(F)cc2)ccc1F. The number of anilines is 2. The summed E-state index contributed by atoms with van der Waals surface area (Å²) in [5.41, 5.74) is 0.342. The Hall–Kier alpha value is -2.96. The van der Waals surface area contributed by atoms with Crippen LogP contribution in [0.4, 0.5) is 20.2 Å². The van der Waals surface area contributed by atoms with Gasteiger partial charge in [0.05, 0.1) is 18.7 Å². The van der Waals surface area contributed by atoms with Gasteiger partial charge in [0.2, 0.25) is 11.8 Å². The van der Waals surface area contributed by atoms with Crippen LogP contribution in [0.25, 0.3) is 0 Å². The molecule has 0 unspecified atom stereocenters. The van der Waals surface area contributed by atoms with Crippen molar-refractivity contribution in [3.8, 4) is 5.75 Å². The molecule has 7 heteroatoms. The quantitative estimate of drug-likeness (QED) is 0.851. The van der Waals surface area contributed by atoms with Gasteiger partial charge in [0, 0.05) is 12.6 Å². The van der Waals surface area contributed by atoms with Gasteiger partial charge in [-0.05, 0) is 42.5 Å². The zero-order chi connectivity index (χ0) is 17.5. The highest BCUT2D eigenvalue weighted by Gasteiger charge is 2.08. The summed E-state index contributed by atoms with van der Waals surface area (Å²) in [6, 6.07) is 9.32. The lowest BCUT2D eigenvalue weighted by molar-refractivity contribution is -0.116. The Balaban J connectivity index is 1.85. The van der Waals surface area contributed by atoms with Crippen LogP contribution in [0.15, 0.2) is 42.5 Å². The molecule has 0 radical (unpaired) electrons. The highest BCUT2D eigenvalue weighted by molar-refractivity contribution is 5.93. The van der Waals surface area contributed by atoms with Crippen LogP contribution in [0, 0.1) is 11.6 Å². The summed E-state index contributed by atoms with van der Waals surface area (Å²) in [5, 5.41) is 4.92. The largest absolute Gasteiger partial charge is 0.493 e. The zero-order valence-electron chi connectivity index (χ0n) is 12.9. The normalized spacial score (nSPS) is 10.1. The lowest BCUT2D eigenvalue weighted by atomic mass is 10.2. The fraction of sp³-hybridized carbons (Fsp3) is 0.176.